The number of likely N-dealkylation sites (tertiary alicyclic amines) is 1. The van der Waals surface area contributed by atoms with Crippen molar-refractivity contribution in [3.05, 3.63) is 53.2 Å². The van der Waals surface area contributed by atoms with Gasteiger partial charge in [-0.15, -0.1) is 0 Å². The Balaban J connectivity index is 1.84. The van der Waals surface area contributed by atoms with Crippen molar-refractivity contribution in [2.45, 2.75) is 38.6 Å². The summed E-state index contributed by atoms with van der Waals surface area (Å²) in [5, 5.41) is 8.91. The van der Waals surface area contributed by atoms with Crippen LogP contribution in [0.25, 0.3) is 0 Å². The van der Waals surface area contributed by atoms with E-state index in [1.165, 1.54) is 18.3 Å². The maximum Gasteiger partial charge on any atom is 0.354 e. The van der Waals surface area contributed by atoms with Gasteiger partial charge in [0.1, 0.15) is 17.2 Å². The van der Waals surface area contributed by atoms with Crippen molar-refractivity contribution in [3.63, 3.8) is 0 Å². The van der Waals surface area contributed by atoms with Gasteiger partial charge in [0, 0.05) is 19.2 Å². The molecule has 1 N–H and O–H groups in total. The number of carboxylic acid groups (broad SMARTS) is 1. The molecular weight excluding hydrogens is 308 g/mol. The van der Waals surface area contributed by atoms with E-state index in [0.29, 0.717) is 12.1 Å². The second kappa shape index (κ2) is 6.86. The van der Waals surface area contributed by atoms with Crippen LogP contribution < -0.4 is 0 Å². The second-order valence-electron chi connectivity index (χ2n) is 5.91. The van der Waals surface area contributed by atoms with Gasteiger partial charge in [0.25, 0.3) is 5.91 Å². The SMILES string of the molecule is CCc1ccc(C2CCCCN2C(=O)c2ccc(C(=O)O)nc2)o1. The fraction of sp³-hybridized carbons (Fsp3) is 0.389. The number of pyridine rings is 1. The van der Waals surface area contributed by atoms with Crippen LogP contribution in [-0.4, -0.2) is 33.4 Å². The molecular formula is C18H20N2O4. The second-order valence-corrected chi connectivity index (χ2v) is 5.91. The van der Waals surface area contributed by atoms with E-state index in [0.717, 1.165) is 37.2 Å². The zero-order valence-electron chi connectivity index (χ0n) is 13.6. The predicted molar refractivity (Wildman–Crippen MR) is 86.9 cm³/mol. The van der Waals surface area contributed by atoms with E-state index in [-0.39, 0.29) is 17.6 Å². The average Bonchev–Trinajstić information content (AvgIpc) is 3.10. The third kappa shape index (κ3) is 3.18. The molecule has 1 unspecified atom stereocenters. The van der Waals surface area contributed by atoms with Crippen LogP contribution in [0.1, 0.15) is 64.6 Å². The van der Waals surface area contributed by atoms with Gasteiger partial charge in [-0.05, 0) is 43.5 Å². The van der Waals surface area contributed by atoms with Crippen LogP contribution in [0.5, 0.6) is 0 Å². The van der Waals surface area contributed by atoms with Gasteiger partial charge >= 0.3 is 5.97 Å². The number of aromatic carboxylic acids is 1. The van der Waals surface area contributed by atoms with Gasteiger partial charge in [-0.25, -0.2) is 9.78 Å². The van der Waals surface area contributed by atoms with Crippen molar-refractivity contribution in [1.82, 2.24) is 9.88 Å². The van der Waals surface area contributed by atoms with E-state index in [1.807, 2.05) is 19.1 Å². The van der Waals surface area contributed by atoms with Crippen molar-refractivity contribution in [1.29, 1.82) is 0 Å². The normalized spacial score (nSPS) is 17.7. The molecule has 1 fully saturated rings. The molecule has 2 aromatic rings. The Morgan fingerprint density at radius 1 is 1.29 bits per heavy atom. The number of amides is 1. The summed E-state index contributed by atoms with van der Waals surface area (Å²) in [6, 6.07) is 6.70. The van der Waals surface area contributed by atoms with Crippen LogP contribution in [0.4, 0.5) is 0 Å². The van der Waals surface area contributed by atoms with Crippen molar-refractivity contribution in [2.75, 3.05) is 6.54 Å². The van der Waals surface area contributed by atoms with Gasteiger partial charge < -0.3 is 14.4 Å². The summed E-state index contributed by atoms with van der Waals surface area (Å²) >= 11 is 0. The molecule has 0 aliphatic carbocycles. The number of carbonyl (C=O) groups excluding carboxylic acids is 1. The lowest BCUT2D eigenvalue weighted by Gasteiger charge is -2.34. The molecule has 0 aromatic carbocycles. The Hall–Kier alpha value is -2.63. The molecule has 126 valence electrons. The summed E-state index contributed by atoms with van der Waals surface area (Å²) in [6.07, 6.45) is 5.01. The zero-order valence-corrected chi connectivity index (χ0v) is 13.6. The number of carboxylic acids is 1. The molecule has 1 aliphatic rings. The molecule has 6 heteroatoms. The molecule has 3 rings (SSSR count). The molecule has 6 nitrogen and oxygen atoms in total. The van der Waals surface area contributed by atoms with E-state index in [2.05, 4.69) is 4.98 Å². The Labute approximate surface area is 140 Å². The third-order valence-electron chi connectivity index (χ3n) is 4.35. The minimum atomic E-state index is -1.10. The number of piperidine rings is 1. The lowest BCUT2D eigenvalue weighted by atomic mass is 9.99. The first-order chi connectivity index (χ1) is 11.6. The molecule has 1 amide bonds. The highest BCUT2D eigenvalue weighted by Gasteiger charge is 2.31. The standard InChI is InChI=1S/C18H20N2O4/c1-2-13-7-9-16(24-13)15-5-3-4-10-20(15)17(21)12-6-8-14(18(22)23)19-11-12/h6-9,11,15H,2-5,10H2,1H3,(H,22,23). The maximum absolute atomic E-state index is 12.8. The first kappa shape index (κ1) is 16.2. The topological polar surface area (TPSA) is 83.6 Å². The van der Waals surface area contributed by atoms with E-state index < -0.39 is 5.97 Å². The molecule has 1 aliphatic heterocycles. The number of nitrogens with zero attached hydrogens (tertiary/aromatic N) is 2. The molecule has 1 atom stereocenters. The summed E-state index contributed by atoms with van der Waals surface area (Å²) in [5.74, 6) is 0.483. The van der Waals surface area contributed by atoms with Crippen LogP contribution in [0.2, 0.25) is 0 Å². The van der Waals surface area contributed by atoms with E-state index >= 15 is 0 Å². The van der Waals surface area contributed by atoms with Gasteiger partial charge in [-0.1, -0.05) is 6.92 Å². The average molecular weight is 328 g/mol. The molecule has 3 heterocycles. The number of furan rings is 1. The number of hydrogen-bond acceptors (Lipinski definition) is 4. The minimum Gasteiger partial charge on any atom is -0.477 e. The van der Waals surface area contributed by atoms with Gasteiger partial charge in [-0.2, -0.15) is 0 Å². The number of hydrogen-bond donors (Lipinski definition) is 1. The van der Waals surface area contributed by atoms with Crippen LogP contribution in [0, 0.1) is 0 Å². The lowest BCUT2D eigenvalue weighted by molar-refractivity contribution is 0.0576. The summed E-state index contributed by atoms with van der Waals surface area (Å²) < 4.78 is 5.85. The number of carbonyl (C=O) groups is 2. The maximum atomic E-state index is 12.8. The highest BCUT2D eigenvalue weighted by molar-refractivity contribution is 5.95. The molecule has 24 heavy (non-hydrogen) atoms. The van der Waals surface area contributed by atoms with Crippen molar-refractivity contribution < 1.29 is 19.1 Å². The quantitative estimate of drug-likeness (QED) is 0.931. The van der Waals surface area contributed by atoms with Crippen LogP contribution in [0.15, 0.2) is 34.9 Å². The minimum absolute atomic E-state index is 0.0691. The van der Waals surface area contributed by atoms with Crippen LogP contribution in [-0.2, 0) is 6.42 Å². The summed E-state index contributed by atoms with van der Waals surface area (Å²) in [7, 11) is 0. The van der Waals surface area contributed by atoms with Gasteiger partial charge in [0.2, 0.25) is 0 Å². The Morgan fingerprint density at radius 2 is 2.12 bits per heavy atom. The Morgan fingerprint density at radius 3 is 2.75 bits per heavy atom. The predicted octanol–water partition coefficient (Wildman–Crippen LogP) is 3.30. The lowest BCUT2D eigenvalue weighted by Crippen LogP contribution is -2.38. The van der Waals surface area contributed by atoms with Crippen molar-refractivity contribution in [3.8, 4) is 0 Å². The summed E-state index contributed by atoms with van der Waals surface area (Å²) in [4.78, 5) is 29.4. The van der Waals surface area contributed by atoms with E-state index in [9.17, 15) is 9.59 Å². The van der Waals surface area contributed by atoms with Gasteiger partial charge in [-0.3, -0.25) is 4.79 Å². The van der Waals surface area contributed by atoms with Gasteiger partial charge in [0.15, 0.2) is 0 Å². The molecule has 2 aromatic heterocycles. The molecule has 0 radical (unpaired) electrons. The summed E-state index contributed by atoms with van der Waals surface area (Å²) in [6.45, 7) is 2.69. The van der Waals surface area contributed by atoms with Crippen molar-refractivity contribution in [2.24, 2.45) is 0 Å². The highest BCUT2D eigenvalue weighted by Crippen LogP contribution is 2.33. The number of aryl methyl sites for hydroxylation is 1. The number of aromatic nitrogens is 1. The smallest absolute Gasteiger partial charge is 0.354 e. The fourth-order valence-corrected chi connectivity index (χ4v) is 3.05. The van der Waals surface area contributed by atoms with Gasteiger partial charge in [0.05, 0.1) is 11.6 Å². The first-order valence-corrected chi connectivity index (χ1v) is 8.19. The molecule has 0 saturated carbocycles. The molecule has 1 saturated heterocycles. The zero-order chi connectivity index (χ0) is 17.1. The largest absolute Gasteiger partial charge is 0.477 e. The Bertz CT molecular complexity index is 736. The molecule has 0 spiro atoms. The van der Waals surface area contributed by atoms with Crippen LogP contribution >= 0.6 is 0 Å². The van der Waals surface area contributed by atoms with Crippen molar-refractivity contribution >= 4 is 11.9 Å². The fourth-order valence-electron chi connectivity index (χ4n) is 3.05. The summed E-state index contributed by atoms with van der Waals surface area (Å²) in [5.41, 5.74) is 0.328. The Kier molecular flexibility index (Phi) is 4.64. The highest BCUT2D eigenvalue weighted by atomic mass is 16.4. The van der Waals surface area contributed by atoms with E-state index in [4.69, 9.17) is 9.52 Å². The molecule has 0 bridgehead atoms. The van der Waals surface area contributed by atoms with Crippen LogP contribution in [0.3, 0.4) is 0 Å². The van der Waals surface area contributed by atoms with E-state index in [1.54, 1.807) is 4.90 Å². The monoisotopic (exact) mass is 328 g/mol. The number of rotatable bonds is 4. The third-order valence-corrected chi connectivity index (χ3v) is 4.35. The first-order valence-electron chi connectivity index (χ1n) is 8.19.